The van der Waals surface area contributed by atoms with Gasteiger partial charge in [0.15, 0.2) is 11.6 Å². The van der Waals surface area contributed by atoms with Crippen molar-refractivity contribution >= 4 is 49.8 Å². The molecule has 0 saturated carbocycles. The lowest BCUT2D eigenvalue weighted by atomic mass is 9.86. The van der Waals surface area contributed by atoms with Crippen LogP contribution in [0.5, 0.6) is 0 Å². The molecule has 1 aliphatic heterocycles. The van der Waals surface area contributed by atoms with E-state index >= 15 is 0 Å². The minimum absolute atomic E-state index is 0.0468. The summed E-state index contributed by atoms with van der Waals surface area (Å²) in [5.41, 5.74) is 7.55. The molecule has 6 nitrogen and oxygen atoms in total. The van der Waals surface area contributed by atoms with E-state index < -0.39 is 0 Å². The zero-order chi connectivity index (χ0) is 31.6. The van der Waals surface area contributed by atoms with Gasteiger partial charge in [-0.1, -0.05) is 133 Å². The van der Waals surface area contributed by atoms with Gasteiger partial charge in [-0.05, 0) is 17.7 Å². The number of allylic oxidation sites excluding steroid dienone is 5. The Labute approximate surface area is 276 Å². The Morgan fingerprint density at radius 1 is 0.521 bits per heavy atom. The molecular formula is C42H28N6. The molecular weight excluding hydrogens is 589 g/mol. The Bertz CT molecular complexity index is 2620. The first-order valence-electron chi connectivity index (χ1n) is 16.2. The Morgan fingerprint density at radius 3 is 1.83 bits per heavy atom. The van der Waals surface area contributed by atoms with Gasteiger partial charge < -0.3 is 4.57 Å². The first-order chi connectivity index (χ1) is 23.8. The molecule has 0 amide bonds. The third kappa shape index (κ3) is 3.99. The van der Waals surface area contributed by atoms with Crippen molar-refractivity contribution in [3.63, 3.8) is 0 Å². The molecule has 2 unspecified atom stereocenters. The summed E-state index contributed by atoms with van der Waals surface area (Å²) in [7, 11) is 0. The summed E-state index contributed by atoms with van der Waals surface area (Å²) in [5, 5.41) is 4.72. The average Bonchev–Trinajstić information content (AvgIpc) is 3.68. The van der Waals surface area contributed by atoms with Gasteiger partial charge in [0.1, 0.15) is 0 Å². The van der Waals surface area contributed by atoms with Crippen molar-refractivity contribution in [2.75, 3.05) is 0 Å². The third-order valence-corrected chi connectivity index (χ3v) is 9.64. The smallest absolute Gasteiger partial charge is 0.238 e. The second-order valence-electron chi connectivity index (χ2n) is 12.3. The van der Waals surface area contributed by atoms with Gasteiger partial charge in [0, 0.05) is 56.5 Å². The van der Waals surface area contributed by atoms with Gasteiger partial charge in [0.2, 0.25) is 5.95 Å². The van der Waals surface area contributed by atoms with E-state index in [1.165, 1.54) is 21.9 Å². The van der Waals surface area contributed by atoms with E-state index in [9.17, 15) is 0 Å². The van der Waals surface area contributed by atoms with Gasteiger partial charge >= 0.3 is 0 Å². The zero-order valence-electron chi connectivity index (χ0n) is 25.8. The molecule has 0 saturated heterocycles. The maximum atomic E-state index is 5.22. The van der Waals surface area contributed by atoms with Crippen LogP contribution < -0.4 is 0 Å². The number of rotatable bonds is 4. The third-order valence-electron chi connectivity index (χ3n) is 9.64. The fourth-order valence-corrected chi connectivity index (χ4v) is 7.53. The highest BCUT2D eigenvalue weighted by molar-refractivity contribution is 6.23. The van der Waals surface area contributed by atoms with Crippen molar-refractivity contribution in [1.82, 2.24) is 24.1 Å². The average molecular weight is 617 g/mol. The first kappa shape index (κ1) is 26.8. The number of aliphatic imine (C=N–C) groups is 1. The second-order valence-corrected chi connectivity index (χ2v) is 12.3. The number of hydrogen-bond acceptors (Lipinski definition) is 4. The van der Waals surface area contributed by atoms with E-state index in [1.807, 2.05) is 48.8 Å². The van der Waals surface area contributed by atoms with Crippen molar-refractivity contribution in [2.24, 2.45) is 10.9 Å². The van der Waals surface area contributed by atoms with Crippen LogP contribution in [0.15, 0.2) is 162 Å². The molecule has 0 fully saturated rings. The fourth-order valence-electron chi connectivity index (χ4n) is 7.53. The Balaban J connectivity index is 1.36. The second kappa shape index (κ2) is 10.6. The quantitative estimate of drug-likeness (QED) is 0.198. The van der Waals surface area contributed by atoms with Gasteiger partial charge in [-0.2, -0.15) is 9.97 Å². The van der Waals surface area contributed by atoms with Gasteiger partial charge in [0.05, 0.1) is 22.6 Å². The van der Waals surface area contributed by atoms with Crippen LogP contribution >= 0.6 is 0 Å². The number of nitrogens with zero attached hydrogens (tertiary/aromatic N) is 6. The number of fused-ring (bicyclic) bond motifs is 8. The Morgan fingerprint density at radius 2 is 1.12 bits per heavy atom. The van der Waals surface area contributed by atoms with Crippen LogP contribution in [0.1, 0.15) is 6.04 Å². The van der Waals surface area contributed by atoms with Crippen LogP contribution in [0.2, 0.25) is 0 Å². The van der Waals surface area contributed by atoms with Crippen LogP contribution in [-0.2, 0) is 0 Å². The Hall–Kier alpha value is -6.40. The van der Waals surface area contributed by atoms with Crippen molar-refractivity contribution in [1.29, 1.82) is 0 Å². The number of benzene rings is 5. The summed E-state index contributed by atoms with van der Waals surface area (Å²) in [6.45, 7) is 0. The predicted molar refractivity (Wildman–Crippen MR) is 195 cm³/mol. The number of hydrogen-bond donors (Lipinski definition) is 0. The predicted octanol–water partition coefficient (Wildman–Crippen LogP) is 9.66. The highest BCUT2D eigenvalue weighted by Crippen LogP contribution is 2.44. The maximum absolute atomic E-state index is 5.22. The van der Waals surface area contributed by atoms with E-state index in [2.05, 4.69) is 123 Å². The van der Waals surface area contributed by atoms with Crippen molar-refractivity contribution in [3.8, 4) is 28.7 Å². The molecule has 0 spiro atoms. The molecule has 5 aromatic carbocycles. The highest BCUT2D eigenvalue weighted by atomic mass is 15.2. The molecule has 48 heavy (non-hydrogen) atoms. The van der Waals surface area contributed by atoms with E-state index in [0.717, 1.165) is 38.4 Å². The minimum atomic E-state index is 0.0468. The summed E-state index contributed by atoms with van der Waals surface area (Å²) < 4.78 is 4.78. The van der Waals surface area contributed by atoms with E-state index in [-0.39, 0.29) is 12.0 Å². The maximum Gasteiger partial charge on any atom is 0.238 e. The molecule has 6 heteroatoms. The van der Waals surface area contributed by atoms with Gasteiger partial charge in [-0.25, -0.2) is 4.98 Å². The summed E-state index contributed by atoms with van der Waals surface area (Å²) in [5.74, 6) is 2.01. The topological polar surface area (TPSA) is 60.9 Å². The molecule has 0 radical (unpaired) electrons. The van der Waals surface area contributed by atoms with Gasteiger partial charge in [-0.3, -0.25) is 9.56 Å². The summed E-state index contributed by atoms with van der Waals surface area (Å²) in [4.78, 5) is 19.9. The molecule has 226 valence electrons. The van der Waals surface area contributed by atoms with Gasteiger partial charge in [0.25, 0.3) is 0 Å². The lowest BCUT2D eigenvalue weighted by Crippen LogP contribution is -2.22. The lowest BCUT2D eigenvalue weighted by Gasteiger charge is -2.29. The van der Waals surface area contributed by atoms with Crippen molar-refractivity contribution in [2.45, 2.75) is 6.04 Å². The normalized spacial score (nSPS) is 17.0. The minimum Gasteiger partial charge on any atom is -0.331 e. The molecule has 4 heterocycles. The molecule has 8 aromatic rings. The summed E-state index contributed by atoms with van der Waals surface area (Å²) in [6, 6.07) is 42.2. The van der Waals surface area contributed by atoms with Crippen molar-refractivity contribution < 1.29 is 0 Å². The van der Waals surface area contributed by atoms with Crippen LogP contribution in [0.4, 0.5) is 0 Å². The largest absolute Gasteiger partial charge is 0.331 e. The molecule has 10 rings (SSSR count). The van der Waals surface area contributed by atoms with Crippen LogP contribution in [0.3, 0.4) is 0 Å². The zero-order valence-corrected chi connectivity index (χ0v) is 25.8. The lowest BCUT2D eigenvalue weighted by molar-refractivity contribution is 0.539. The highest BCUT2D eigenvalue weighted by Gasteiger charge is 2.30. The van der Waals surface area contributed by atoms with E-state index in [4.69, 9.17) is 15.0 Å². The summed E-state index contributed by atoms with van der Waals surface area (Å²) >= 11 is 0. The summed E-state index contributed by atoms with van der Waals surface area (Å²) in [6.07, 6.45) is 12.8. The monoisotopic (exact) mass is 616 g/mol. The van der Waals surface area contributed by atoms with Crippen molar-refractivity contribution in [3.05, 3.63) is 157 Å². The standard InChI is InChI=1S/C42H28N6/c1-3-12-27(13-4-1)40-44-41(28-14-5-2-6-15-28)46-42(45-40)48-37-20-10-8-18-32(37)34-23-22-33-31-17-7-9-19-36(31)47(38(33)39(34)48)35-21-11-16-29-26-43-25-24-30(29)35/h1-26,30,35H. The van der Waals surface area contributed by atoms with Crippen LogP contribution in [-0.4, -0.2) is 30.3 Å². The SMILES string of the molecule is C1=CC(n2c3ccccc3c3ccc4c5ccccc5n(-c5nc(-c6ccccc6)nc(-c6ccccc6)n5)c4c32)C2C=CN=CC2=C1. The Kier molecular flexibility index (Phi) is 5.90. The van der Waals surface area contributed by atoms with Gasteiger partial charge in [-0.15, -0.1) is 0 Å². The molecule has 0 bridgehead atoms. The van der Waals surface area contributed by atoms with Crippen LogP contribution in [0.25, 0.3) is 72.3 Å². The van der Waals surface area contributed by atoms with Crippen LogP contribution in [0, 0.1) is 5.92 Å². The molecule has 2 atom stereocenters. The fraction of sp³-hybridized carbons (Fsp3) is 0.0476. The molecule has 0 N–H and O–H groups in total. The molecule has 2 aliphatic rings. The molecule has 1 aliphatic carbocycles. The first-order valence-corrected chi connectivity index (χ1v) is 16.2. The number of para-hydroxylation sites is 2. The van der Waals surface area contributed by atoms with E-state index in [0.29, 0.717) is 17.6 Å². The number of aromatic nitrogens is 5. The molecule has 3 aromatic heterocycles. The van der Waals surface area contributed by atoms with E-state index in [1.54, 1.807) is 0 Å².